The molecule has 0 unspecified atom stereocenters. The fourth-order valence-corrected chi connectivity index (χ4v) is 1.33. The number of ether oxygens (including phenoxy) is 1. The second kappa shape index (κ2) is 7.40. The summed E-state index contributed by atoms with van der Waals surface area (Å²) in [5.74, 6) is -1.13. The third-order valence-corrected chi connectivity index (χ3v) is 2.76. The van der Waals surface area contributed by atoms with E-state index in [2.05, 4.69) is 4.74 Å². The van der Waals surface area contributed by atoms with Gasteiger partial charge in [0.05, 0.1) is 0 Å². The van der Waals surface area contributed by atoms with Crippen LogP contribution in [0.1, 0.15) is 40.5 Å². The van der Waals surface area contributed by atoms with Gasteiger partial charge in [0.2, 0.25) is 0 Å². The fourth-order valence-electron chi connectivity index (χ4n) is 1.33. The summed E-state index contributed by atoms with van der Waals surface area (Å²) in [4.78, 5) is 23.0. The van der Waals surface area contributed by atoms with Crippen LogP contribution in [0.5, 0.6) is 0 Å². The van der Waals surface area contributed by atoms with Crippen LogP contribution in [0.3, 0.4) is 0 Å². The Bertz CT molecular complexity index is 266. The molecule has 0 rings (SSSR count). The van der Waals surface area contributed by atoms with Crippen molar-refractivity contribution < 1.29 is 14.3 Å². The number of carbonyl (C=O) groups excluding carboxylic acids is 2. The van der Waals surface area contributed by atoms with Gasteiger partial charge in [0.25, 0.3) is 0 Å². The first kappa shape index (κ1) is 16.1. The van der Waals surface area contributed by atoms with Crippen LogP contribution >= 0.6 is 0 Å². The molecule has 0 saturated carbocycles. The van der Waals surface area contributed by atoms with Gasteiger partial charge in [-0.25, -0.2) is 9.59 Å². The number of esters is 2. The molecule has 0 aromatic rings. The summed E-state index contributed by atoms with van der Waals surface area (Å²) in [6, 6.07) is -1.53. The van der Waals surface area contributed by atoms with Crippen molar-refractivity contribution in [1.82, 2.24) is 0 Å². The molecule has 5 heteroatoms. The molecule has 0 aliphatic rings. The lowest BCUT2D eigenvalue weighted by atomic mass is 10.0. The van der Waals surface area contributed by atoms with Gasteiger partial charge in [-0.3, -0.25) is 0 Å². The van der Waals surface area contributed by atoms with Crippen LogP contribution in [0, 0.1) is 11.8 Å². The molecule has 0 aliphatic carbocycles. The second-order valence-corrected chi connectivity index (χ2v) is 4.89. The van der Waals surface area contributed by atoms with Crippen molar-refractivity contribution in [3.63, 3.8) is 0 Å². The lowest BCUT2D eigenvalue weighted by Gasteiger charge is -2.18. The fraction of sp³-hybridized carbons (Fsp3) is 0.833. The van der Waals surface area contributed by atoms with E-state index in [9.17, 15) is 9.59 Å². The lowest BCUT2D eigenvalue weighted by Crippen LogP contribution is -2.42. The first-order valence-electron chi connectivity index (χ1n) is 6.06. The standard InChI is InChI=1S/C12H24N2O3/c1-5-8(4)10(14)12(16)17-11(15)9(13)6-7(2)3/h7-10H,5-6,13-14H2,1-4H3/t8-,9-,10-/m1/s1. The van der Waals surface area contributed by atoms with Gasteiger partial charge in [-0.1, -0.05) is 34.1 Å². The third-order valence-electron chi connectivity index (χ3n) is 2.76. The highest BCUT2D eigenvalue weighted by Gasteiger charge is 2.26. The van der Waals surface area contributed by atoms with Crippen molar-refractivity contribution in [3.05, 3.63) is 0 Å². The van der Waals surface area contributed by atoms with Gasteiger partial charge in [-0.15, -0.1) is 0 Å². The van der Waals surface area contributed by atoms with Crippen molar-refractivity contribution in [2.75, 3.05) is 0 Å². The maximum Gasteiger partial charge on any atom is 0.330 e. The highest BCUT2D eigenvalue weighted by atomic mass is 16.6. The molecule has 0 heterocycles. The molecule has 0 bridgehead atoms. The van der Waals surface area contributed by atoms with E-state index in [1.807, 2.05) is 27.7 Å². The number of nitrogens with two attached hydrogens (primary N) is 2. The second-order valence-electron chi connectivity index (χ2n) is 4.89. The molecule has 0 fully saturated rings. The normalized spacial score (nSPS) is 16.4. The van der Waals surface area contributed by atoms with Gasteiger partial charge in [0.1, 0.15) is 12.1 Å². The van der Waals surface area contributed by atoms with Crippen LogP contribution in [-0.2, 0) is 14.3 Å². The third kappa shape index (κ3) is 5.79. The zero-order valence-electron chi connectivity index (χ0n) is 11.1. The van der Waals surface area contributed by atoms with Crippen molar-refractivity contribution >= 4 is 11.9 Å². The van der Waals surface area contributed by atoms with Crippen LogP contribution in [0.4, 0.5) is 0 Å². The van der Waals surface area contributed by atoms with E-state index < -0.39 is 24.0 Å². The Morgan fingerprint density at radius 3 is 2.06 bits per heavy atom. The Morgan fingerprint density at radius 1 is 1.12 bits per heavy atom. The van der Waals surface area contributed by atoms with Crippen LogP contribution in [0.2, 0.25) is 0 Å². The molecule has 4 N–H and O–H groups in total. The van der Waals surface area contributed by atoms with Gasteiger partial charge >= 0.3 is 11.9 Å². The molecule has 0 aromatic carbocycles. The molecule has 0 aliphatic heterocycles. The highest BCUT2D eigenvalue weighted by Crippen LogP contribution is 2.09. The molecule has 5 nitrogen and oxygen atoms in total. The zero-order valence-corrected chi connectivity index (χ0v) is 11.1. The Hall–Kier alpha value is -0.940. The minimum atomic E-state index is -0.768. The van der Waals surface area contributed by atoms with Crippen LogP contribution < -0.4 is 11.5 Å². The monoisotopic (exact) mass is 244 g/mol. The Morgan fingerprint density at radius 2 is 1.65 bits per heavy atom. The predicted molar refractivity (Wildman–Crippen MR) is 66.0 cm³/mol. The minimum absolute atomic E-state index is 0.0170. The number of rotatable bonds is 6. The van der Waals surface area contributed by atoms with Crippen LogP contribution in [-0.4, -0.2) is 24.0 Å². The largest absolute Gasteiger partial charge is 0.391 e. The molecule has 17 heavy (non-hydrogen) atoms. The minimum Gasteiger partial charge on any atom is -0.391 e. The number of hydrogen-bond donors (Lipinski definition) is 2. The molecule has 3 atom stereocenters. The molecular weight excluding hydrogens is 220 g/mol. The van der Waals surface area contributed by atoms with Crippen LogP contribution in [0.15, 0.2) is 0 Å². The van der Waals surface area contributed by atoms with Gasteiger partial charge < -0.3 is 16.2 Å². The Kier molecular flexibility index (Phi) is 6.99. The quantitative estimate of drug-likeness (QED) is 0.532. The van der Waals surface area contributed by atoms with Crippen molar-refractivity contribution in [2.45, 2.75) is 52.6 Å². The van der Waals surface area contributed by atoms with Crippen LogP contribution in [0.25, 0.3) is 0 Å². The van der Waals surface area contributed by atoms with Gasteiger partial charge in [-0.05, 0) is 18.3 Å². The molecule has 0 radical (unpaired) electrons. The van der Waals surface area contributed by atoms with Gasteiger partial charge in [-0.2, -0.15) is 0 Å². The summed E-state index contributed by atoms with van der Waals surface area (Å²) in [7, 11) is 0. The average molecular weight is 244 g/mol. The topological polar surface area (TPSA) is 95.4 Å². The average Bonchev–Trinajstić information content (AvgIpc) is 2.25. The molecule has 0 aromatic heterocycles. The predicted octanol–water partition coefficient (Wildman–Crippen LogP) is 0.803. The van der Waals surface area contributed by atoms with E-state index in [-0.39, 0.29) is 11.8 Å². The summed E-state index contributed by atoms with van der Waals surface area (Å²) >= 11 is 0. The van der Waals surface area contributed by atoms with E-state index in [1.54, 1.807) is 0 Å². The van der Waals surface area contributed by atoms with Crippen molar-refractivity contribution in [2.24, 2.45) is 23.3 Å². The summed E-state index contributed by atoms with van der Waals surface area (Å²) < 4.78 is 4.67. The van der Waals surface area contributed by atoms with E-state index in [0.717, 1.165) is 6.42 Å². The Labute approximate surface area is 103 Å². The molecule has 0 saturated heterocycles. The Balaban J connectivity index is 4.24. The van der Waals surface area contributed by atoms with E-state index in [0.29, 0.717) is 6.42 Å². The van der Waals surface area contributed by atoms with E-state index in [1.165, 1.54) is 0 Å². The SMILES string of the molecule is CC[C@@H](C)[C@@H](N)C(=O)OC(=O)[C@H](N)CC(C)C. The first-order valence-corrected chi connectivity index (χ1v) is 6.06. The lowest BCUT2D eigenvalue weighted by molar-refractivity contribution is -0.162. The summed E-state index contributed by atoms with van der Waals surface area (Å²) in [6.45, 7) is 7.65. The smallest absolute Gasteiger partial charge is 0.330 e. The maximum absolute atomic E-state index is 11.5. The first-order chi connectivity index (χ1) is 7.79. The van der Waals surface area contributed by atoms with Gasteiger partial charge in [0, 0.05) is 0 Å². The summed E-state index contributed by atoms with van der Waals surface area (Å²) in [6.07, 6.45) is 1.24. The highest BCUT2D eigenvalue weighted by molar-refractivity contribution is 5.90. The number of carbonyl (C=O) groups is 2. The zero-order chi connectivity index (χ0) is 13.6. The van der Waals surface area contributed by atoms with E-state index >= 15 is 0 Å². The molecule has 100 valence electrons. The van der Waals surface area contributed by atoms with Crippen molar-refractivity contribution in [3.8, 4) is 0 Å². The maximum atomic E-state index is 11.5. The molecule has 0 amide bonds. The summed E-state index contributed by atoms with van der Waals surface area (Å²) in [5.41, 5.74) is 11.3. The van der Waals surface area contributed by atoms with E-state index in [4.69, 9.17) is 11.5 Å². The van der Waals surface area contributed by atoms with Crippen molar-refractivity contribution in [1.29, 1.82) is 0 Å². The van der Waals surface area contributed by atoms with Gasteiger partial charge in [0.15, 0.2) is 0 Å². The molecular formula is C12H24N2O3. The number of hydrogen-bond acceptors (Lipinski definition) is 5. The molecule has 0 spiro atoms. The summed E-state index contributed by atoms with van der Waals surface area (Å²) in [5, 5.41) is 0.